The highest BCUT2D eigenvalue weighted by atomic mass is 79.9. The summed E-state index contributed by atoms with van der Waals surface area (Å²) in [5, 5.41) is 0. The van der Waals surface area contributed by atoms with Crippen LogP contribution in [0, 0.1) is 12.8 Å². The predicted octanol–water partition coefficient (Wildman–Crippen LogP) is 3.97. The Bertz CT molecular complexity index is 403. The number of nitrogens with two attached hydrogens (primary N) is 1. The maximum atomic E-state index is 5.91. The van der Waals surface area contributed by atoms with Crippen molar-refractivity contribution in [1.29, 1.82) is 0 Å². The summed E-state index contributed by atoms with van der Waals surface area (Å²) >= 11 is 3.63. The van der Waals surface area contributed by atoms with Crippen molar-refractivity contribution >= 4 is 27.3 Å². The van der Waals surface area contributed by atoms with Crippen molar-refractivity contribution in [2.24, 2.45) is 5.92 Å². The molecule has 0 aromatic heterocycles. The summed E-state index contributed by atoms with van der Waals surface area (Å²) in [6.07, 6.45) is 3.96. The van der Waals surface area contributed by atoms with Gasteiger partial charge in [-0.1, -0.05) is 13.3 Å². The number of halogens is 1. The Morgan fingerprint density at radius 3 is 2.94 bits per heavy atom. The van der Waals surface area contributed by atoms with E-state index in [1.165, 1.54) is 43.6 Å². The van der Waals surface area contributed by atoms with Crippen molar-refractivity contribution < 1.29 is 0 Å². The van der Waals surface area contributed by atoms with Gasteiger partial charge in [-0.2, -0.15) is 0 Å². The molecule has 0 radical (unpaired) electrons. The number of nitrogen functional groups attached to an aromatic ring is 1. The summed E-state index contributed by atoms with van der Waals surface area (Å²) in [7, 11) is 0. The molecule has 0 saturated carbocycles. The van der Waals surface area contributed by atoms with Crippen LogP contribution in [0.5, 0.6) is 0 Å². The van der Waals surface area contributed by atoms with Gasteiger partial charge < -0.3 is 10.6 Å². The quantitative estimate of drug-likeness (QED) is 0.855. The lowest BCUT2D eigenvalue weighted by Gasteiger charge is -2.21. The van der Waals surface area contributed by atoms with Gasteiger partial charge in [0, 0.05) is 23.2 Å². The van der Waals surface area contributed by atoms with Crippen LogP contribution >= 0.6 is 15.9 Å². The first-order chi connectivity index (χ1) is 8.11. The maximum absolute atomic E-state index is 5.91. The molecule has 1 aromatic carbocycles. The highest BCUT2D eigenvalue weighted by molar-refractivity contribution is 9.10. The summed E-state index contributed by atoms with van der Waals surface area (Å²) in [4.78, 5) is 2.48. The van der Waals surface area contributed by atoms with Gasteiger partial charge in [-0.3, -0.25) is 0 Å². The number of rotatable bonds is 3. The van der Waals surface area contributed by atoms with E-state index in [-0.39, 0.29) is 0 Å². The molecule has 0 amide bonds. The van der Waals surface area contributed by atoms with E-state index in [0.717, 1.165) is 16.1 Å². The molecule has 1 fully saturated rings. The van der Waals surface area contributed by atoms with Crippen molar-refractivity contribution in [2.75, 3.05) is 23.7 Å². The number of nitrogens with zero attached hydrogens (tertiary/aromatic N) is 1. The fourth-order valence-electron chi connectivity index (χ4n) is 2.62. The average molecular weight is 297 g/mol. The zero-order valence-corrected chi connectivity index (χ0v) is 12.3. The fourth-order valence-corrected chi connectivity index (χ4v) is 3.23. The Balaban J connectivity index is 2.16. The van der Waals surface area contributed by atoms with Crippen molar-refractivity contribution in [2.45, 2.75) is 33.1 Å². The molecule has 0 bridgehead atoms. The van der Waals surface area contributed by atoms with Gasteiger partial charge in [0.15, 0.2) is 0 Å². The zero-order chi connectivity index (χ0) is 12.4. The van der Waals surface area contributed by atoms with Gasteiger partial charge >= 0.3 is 0 Å². The first kappa shape index (κ1) is 12.7. The number of benzene rings is 1. The van der Waals surface area contributed by atoms with Crippen LogP contribution in [0.1, 0.15) is 31.7 Å². The van der Waals surface area contributed by atoms with Crippen LogP contribution in [0.15, 0.2) is 16.6 Å². The SMILES string of the molecule is CCCC1CCN(c2cc(C)c(N)cc2Br)C1. The fraction of sp³-hybridized carbons (Fsp3) is 0.571. The molecule has 2 N–H and O–H groups in total. The first-order valence-corrected chi connectivity index (χ1v) is 7.21. The van der Waals surface area contributed by atoms with E-state index in [1.54, 1.807) is 0 Å². The van der Waals surface area contributed by atoms with Crippen molar-refractivity contribution in [1.82, 2.24) is 0 Å². The second-order valence-electron chi connectivity index (χ2n) is 5.05. The second-order valence-corrected chi connectivity index (χ2v) is 5.90. The third-order valence-electron chi connectivity index (χ3n) is 3.66. The lowest BCUT2D eigenvalue weighted by molar-refractivity contribution is 0.530. The minimum absolute atomic E-state index is 0.866. The molecule has 1 atom stereocenters. The van der Waals surface area contributed by atoms with Gasteiger partial charge in [0.2, 0.25) is 0 Å². The van der Waals surface area contributed by atoms with Crippen LogP contribution in [-0.2, 0) is 0 Å². The minimum Gasteiger partial charge on any atom is -0.398 e. The van der Waals surface area contributed by atoms with E-state index in [1.807, 2.05) is 6.07 Å². The Labute approximate surface area is 112 Å². The lowest BCUT2D eigenvalue weighted by Crippen LogP contribution is -2.20. The summed E-state index contributed by atoms with van der Waals surface area (Å²) < 4.78 is 1.12. The van der Waals surface area contributed by atoms with Crippen LogP contribution < -0.4 is 10.6 Å². The third kappa shape index (κ3) is 2.76. The predicted molar refractivity (Wildman–Crippen MR) is 78.5 cm³/mol. The third-order valence-corrected chi connectivity index (χ3v) is 4.29. The van der Waals surface area contributed by atoms with Gasteiger partial charge in [-0.25, -0.2) is 0 Å². The monoisotopic (exact) mass is 296 g/mol. The van der Waals surface area contributed by atoms with Gasteiger partial charge in [0.05, 0.1) is 5.69 Å². The Kier molecular flexibility index (Phi) is 3.97. The molecule has 94 valence electrons. The minimum atomic E-state index is 0.866. The van der Waals surface area contributed by atoms with E-state index in [9.17, 15) is 0 Å². The second kappa shape index (κ2) is 5.30. The molecule has 1 aromatic rings. The topological polar surface area (TPSA) is 29.3 Å². The average Bonchev–Trinajstić information content (AvgIpc) is 2.72. The van der Waals surface area contributed by atoms with Crippen LogP contribution in [0.2, 0.25) is 0 Å². The smallest absolute Gasteiger partial charge is 0.0514 e. The normalized spacial score (nSPS) is 19.9. The van der Waals surface area contributed by atoms with E-state index in [4.69, 9.17) is 5.73 Å². The summed E-state index contributed by atoms with van der Waals surface area (Å²) in [6.45, 7) is 6.71. The molecule has 0 aliphatic carbocycles. The van der Waals surface area contributed by atoms with Gasteiger partial charge in [0.25, 0.3) is 0 Å². The Morgan fingerprint density at radius 1 is 1.47 bits per heavy atom. The van der Waals surface area contributed by atoms with E-state index >= 15 is 0 Å². The molecule has 17 heavy (non-hydrogen) atoms. The molecule has 1 unspecified atom stereocenters. The Hall–Kier alpha value is -0.700. The zero-order valence-electron chi connectivity index (χ0n) is 10.7. The molecule has 1 saturated heterocycles. The highest BCUT2D eigenvalue weighted by Gasteiger charge is 2.23. The molecular weight excluding hydrogens is 276 g/mol. The molecule has 1 aliphatic rings. The molecular formula is C14H21BrN2. The number of hydrogen-bond donors (Lipinski definition) is 1. The molecule has 0 spiro atoms. The summed E-state index contributed by atoms with van der Waals surface area (Å²) in [5.74, 6) is 0.866. The molecule has 1 aliphatic heterocycles. The van der Waals surface area contributed by atoms with E-state index in [2.05, 4.69) is 40.7 Å². The van der Waals surface area contributed by atoms with E-state index in [0.29, 0.717) is 0 Å². The van der Waals surface area contributed by atoms with E-state index < -0.39 is 0 Å². The van der Waals surface area contributed by atoms with Crippen molar-refractivity contribution in [3.05, 3.63) is 22.2 Å². The van der Waals surface area contributed by atoms with Crippen LogP contribution in [0.4, 0.5) is 11.4 Å². The summed E-state index contributed by atoms with van der Waals surface area (Å²) in [6, 6.07) is 4.23. The Morgan fingerprint density at radius 2 is 2.24 bits per heavy atom. The molecule has 2 nitrogen and oxygen atoms in total. The standard InChI is InChI=1S/C14H21BrN2/c1-3-4-11-5-6-17(9-11)14-7-10(2)13(16)8-12(14)15/h7-8,11H,3-6,9,16H2,1-2H3. The molecule has 1 heterocycles. The van der Waals surface area contributed by atoms with Crippen LogP contribution in [0.3, 0.4) is 0 Å². The van der Waals surface area contributed by atoms with Crippen molar-refractivity contribution in [3.63, 3.8) is 0 Å². The largest absolute Gasteiger partial charge is 0.398 e. The van der Waals surface area contributed by atoms with Gasteiger partial charge in [0.1, 0.15) is 0 Å². The van der Waals surface area contributed by atoms with Crippen LogP contribution in [-0.4, -0.2) is 13.1 Å². The summed E-state index contributed by atoms with van der Waals surface area (Å²) in [5.41, 5.74) is 9.25. The molecule has 3 heteroatoms. The van der Waals surface area contributed by atoms with Gasteiger partial charge in [-0.05, 0) is 59.3 Å². The highest BCUT2D eigenvalue weighted by Crippen LogP contribution is 2.34. The number of aryl methyl sites for hydroxylation is 1. The first-order valence-electron chi connectivity index (χ1n) is 6.42. The van der Waals surface area contributed by atoms with Crippen molar-refractivity contribution in [3.8, 4) is 0 Å². The number of hydrogen-bond acceptors (Lipinski definition) is 2. The number of anilines is 2. The maximum Gasteiger partial charge on any atom is 0.0514 e. The van der Waals surface area contributed by atoms with Gasteiger partial charge in [-0.15, -0.1) is 0 Å². The lowest BCUT2D eigenvalue weighted by atomic mass is 10.0. The van der Waals surface area contributed by atoms with Crippen LogP contribution in [0.25, 0.3) is 0 Å². The molecule has 2 rings (SSSR count).